The Balaban J connectivity index is 2.58. The molecule has 1 aromatic heterocycles. The summed E-state index contributed by atoms with van der Waals surface area (Å²) < 4.78 is 13.3. The number of nitrogens with zero attached hydrogens (tertiary/aromatic N) is 1. The number of nitrogen functional groups attached to an aromatic ring is 1. The summed E-state index contributed by atoms with van der Waals surface area (Å²) in [6.45, 7) is 3.99. The summed E-state index contributed by atoms with van der Waals surface area (Å²) in [7, 11) is 0. The predicted molar refractivity (Wildman–Crippen MR) is 63.5 cm³/mol. The standard InChI is InChI=1S/C13H13FN2/c1-8-3-4-9(2)11(5-8)10-6-12(14)13(15)16-7-10/h3-7H,1-2H3,(H2,15,16). The normalized spacial score (nSPS) is 10.4. The Bertz CT molecular complexity index is 535. The van der Waals surface area contributed by atoms with E-state index in [-0.39, 0.29) is 5.82 Å². The van der Waals surface area contributed by atoms with Crippen LogP contribution in [0.1, 0.15) is 11.1 Å². The molecule has 0 unspecified atom stereocenters. The molecular weight excluding hydrogens is 203 g/mol. The van der Waals surface area contributed by atoms with Crippen LogP contribution in [-0.4, -0.2) is 4.98 Å². The Morgan fingerprint density at radius 3 is 2.62 bits per heavy atom. The van der Waals surface area contributed by atoms with E-state index in [1.165, 1.54) is 6.07 Å². The van der Waals surface area contributed by atoms with Gasteiger partial charge in [0.1, 0.15) is 0 Å². The SMILES string of the molecule is Cc1ccc(C)c(-c2cnc(N)c(F)c2)c1. The molecule has 2 nitrogen and oxygen atoms in total. The van der Waals surface area contributed by atoms with Crippen molar-refractivity contribution in [1.29, 1.82) is 0 Å². The van der Waals surface area contributed by atoms with Crippen LogP contribution < -0.4 is 5.73 Å². The summed E-state index contributed by atoms with van der Waals surface area (Å²) >= 11 is 0. The Hall–Kier alpha value is -1.90. The number of hydrogen-bond donors (Lipinski definition) is 1. The molecule has 1 aromatic carbocycles. The van der Waals surface area contributed by atoms with E-state index in [9.17, 15) is 4.39 Å². The monoisotopic (exact) mass is 216 g/mol. The zero-order valence-corrected chi connectivity index (χ0v) is 9.29. The van der Waals surface area contributed by atoms with E-state index < -0.39 is 5.82 Å². The molecule has 0 radical (unpaired) electrons. The molecule has 0 aliphatic carbocycles. The molecule has 0 amide bonds. The second-order valence-electron chi connectivity index (χ2n) is 3.91. The number of pyridine rings is 1. The fraction of sp³-hybridized carbons (Fsp3) is 0.154. The maximum absolute atomic E-state index is 13.3. The molecule has 2 rings (SSSR count). The Morgan fingerprint density at radius 1 is 1.19 bits per heavy atom. The quantitative estimate of drug-likeness (QED) is 0.795. The molecule has 0 saturated carbocycles. The number of rotatable bonds is 1. The summed E-state index contributed by atoms with van der Waals surface area (Å²) in [5, 5.41) is 0. The molecule has 0 fully saturated rings. The molecule has 82 valence electrons. The van der Waals surface area contributed by atoms with Crippen LogP contribution in [0, 0.1) is 19.7 Å². The van der Waals surface area contributed by atoms with E-state index >= 15 is 0 Å². The van der Waals surface area contributed by atoms with Crippen LogP contribution in [0.15, 0.2) is 30.5 Å². The number of aromatic nitrogens is 1. The highest BCUT2D eigenvalue weighted by Gasteiger charge is 2.06. The number of benzene rings is 1. The molecule has 0 aliphatic rings. The van der Waals surface area contributed by atoms with Gasteiger partial charge >= 0.3 is 0 Å². The third kappa shape index (κ3) is 1.89. The van der Waals surface area contributed by atoms with Gasteiger partial charge in [-0.1, -0.05) is 23.8 Å². The lowest BCUT2D eigenvalue weighted by Gasteiger charge is -2.07. The number of anilines is 1. The fourth-order valence-corrected chi connectivity index (χ4v) is 1.64. The highest BCUT2D eigenvalue weighted by atomic mass is 19.1. The third-order valence-electron chi connectivity index (χ3n) is 2.57. The first-order valence-electron chi connectivity index (χ1n) is 5.06. The van der Waals surface area contributed by atoms with Gasteiger partial charge in [-0.05, 0) is 31.0 Å². The minimum absolute atomic E-state index is 0.0611. The van der Waals surface area contributed by atoms with Crippen molar-refractivity contribution < 1.29 is 4.39 Å². The van der Waals surface area contributed by atoms with Crippen molar-refractivity contribution in [3.63, 3.8) is 0 Å². The van der Waals surface area contributed by atoms with Gasteiger partial charge in [0.05, 0.1) is 0 Å². The molecule has 2 N–H and O–H groups in total. The molecule has 0 aliphatic heterocycles. The number of aryl methyl sites for hydroxylation is 2. The van der Waals surface area contributed by atoms with Gasteiger partial charge in [-0.15, -0.1) is 0 Å². The van der Waals surface area contributed by atoms with Crippen LogP contribution in [0.25, 0.3) is 11.1 Å². The van der Waals surface area contributed by atoms with E-state index in [0.29, 0.717) is 0 Å². The fourth-order valence-electron chi connectivity index (χ4n) is 1.64. The van der Waals surface area contributed by atoms with E-state index in [1.807, 2.05) is 32.0 Å². The maximum Gasteiger partial charge on any atom is 0.165 e. The molecule has 2 aromatic rings. The van der Waals surface area contributed by atoms with Crippen LogP contribution in [0.2, 0.25) is 0 Å². The lowest BCUT2D eigenvalue weighted by Crippen LogP contribution is -1.95. The average molecular weight is 216 g/mol. The highest BCUT2D eigenvalue weighted by Crippen LogP contribution is 2.25. The average Bonchev–Trinajstić information content (AvgIpc) is 2.26. The maximum atomic E-state index is 13.3. The zero-order chi connectivity index (χ0) is 11.7. The smallest absolute Gasteiger partial charge is 0.165 e. The molecular formula is C13H13FN2. The van der Waals surface area contributed by atoms with E-state index in [0.717, 1.165) is 22.3 Å². The van der Waals surface area contributed by atoms with Crippen LogP contribution in [0.3, 0.4) is 0 Å². The Labute approximate surface area is 93.9 Å². The number of nitrogens with two attached hydrogens (primary N) is 1. The van der Waals surface area contributed by atoms with Crippen molar-refractivity contribution in [2.24, 2.45) is 0 Å². The first kappa shape index (κ1) is 10.6. The molecule has 0 bridgehead atoms. The second kappa shape index (κ2) is 3.93. The van der Waals surface area contributed by atoms with E-state index in [2.05, 4.69) is 4.98 Å². The van der Waals surface area contributed by atoms with Gasteiger partial charge in [-0.2, -0.15) is 0 Å². The van der Waals surface area contributed by atoms with Crippen molar-refractivity contribution >= 4 is 5.82 Å². The van der Waals surface area contributed by atoms with E-state index in [1.54, 1.807) is 6.20 Å². The second-order valence-corrected chi connectivity index (χ2v) is 3.91. The van der Waals surface area contributed by atoms with Crippen LogP contribution in [0.5, 0.6) is 0 Å². The lowest BCUT2D eigenvalue weighted by molar-refractivity contribution is 0.628. The third-order valence-corrected chi connectivity index (χ3v) is 2.57. The Morgan fingerprint density at radius 2 is 1.94 bits per heavy atom. The van der Waals surface area contributed by atoms with Gasteiger partial charge in [0, 0.05) is 11.8 Å². The van der Waals surface area contributed by atoms with Gasteiger partial charge < -0.3 is 5.73 Å². The van der Waals surface area contributed by atoms with E-state index in [4.69, 9.17) is 5.73 Å². The largest absolute Gasteiger partial charge is 0.381 e. The van der Waals surface area contributed by atoms with Crippen LogP contribution in [-0.2, 0) is 0 Å². The zero-order valence-electron chi connectivity index (χ0n) is 9.29. The molecule has 16 heavy (non-hydrogen) atoms. The highest BCUT2D eigenvalue weighted by molar-refractivity contribution is 5.68. The first-order chi connectivity index (χ1) is 7.58. The molecule has 0 atom stereocenters. The van der Waals surface area contributed by atoms with Gasteiger partial charge in [0.25, 0.3) is 0 Å². The van der Waals surface area contributed by atoms with Gasteiger partial charge in [0.2, 0.25) is 0 Å². The minimum atomic E-state index is -0.474. The molecule has 1 heterocycles. The number of hydrogen-bond acceptors (Lipinski definition) is 2. The molecule has 0 spiro atoms. The van der Waals surface area contributed by atoms with Crippen molar-refractivity contribution in [2.45, 2.75) is 13.8 Å². The van der Waals surface area contributed by atoms with Crippen molar-refractivity contribution in [3.05, 3.63) is 47.4 Å². The van der Waals surface area contributed by atoms with Crippen LogP contribution >= 0.6 is 0 Å². The summed E-state index contributed by atoms with van der Waals surface area (Å²) in [6, 6.07) is 7.48. The summed E-state index contributed by atoms with van der Waals surface area (Å²) in [4.78, 5) is 3.83. The number of halogens is 1. The van der Waals surface area contributed by atoms with Gasteiger partial charge in [0.15, 0.2) is 11.6 Å². The van der Waals surface area contributed by atoms with Gasteiger partial charge in [-0.25, -0.2) is 9.37 Å². The predicted octanol–water partition coefficient (Wildman–Crippen LogP) is 3.09. The summed E-state index contributed by atoms with van der Waals surface area (Å²) in [5.74, 6) is -0.535. The molecule has 0 saturated heterocycles. The topological polar surface area (TPSA) is 38.9 Å². The van der Waals surface area contributed by atoms with Crippen molar-refractivity contribution in [1.82, 2.24) is 4.98 Å². The first-order valence-corrected chi connectivity index (χ1v) is 5.06. The van der Waals surface area contributed by atoms with Crippen molar-refractivity contribution in [3.8, 4) is 11.1 Å². The van der Waals surface area contributed by atoms with Crippen molar-refractivity contribution in [2.75, 3.05) is 5.73 Å². The summed E-state index contributed by atoms with van der Waals surface area (Å²) in [6.07, 6.45) is 1.60. The van der Waals surface area contributed by atoms with Crippen LogP contribution in [0.4, 0.5) is 10.2 Å². The molecule has 3 heteroatoms. The Kier molecular flexibility index (Phi) is 2.60. The lowest BCUT2D eigenvalue weighted by atomic mass is 10.00. The minimum Gasteiger partial charge on any atom is -0.381 e. The van der Waals surface area contributed by atoms with Gasteiger partial charge in [-0.3, -0.25) is 0 Å². The summed E-state index contributed by atoms with van der Waals surface area (Å²) in [5.41, 5.74) is 9.33.